The molecule has 1 aliphatic rings. The van der Waals surface area contributed by atoms with E-state index in [4.69, 9.17) is 4.79 Å². The zero-order valence-corrected chi connectivity index (χ0v) is 19.2. The maximum Gasteiger partial charge on any atom is 0.483 e. The predicted octanol–water partition coefficient (Wildman–Crippen LogP) is 5.85. The van der Waals surface area contributed by atoms with E-state index < -0.39 is 17.0 Å². The number of halogens is 3. The van der Waals surface area contributed by atoms with Gasteiger partial charge in [0, 0.05) is 23.2 Å². The van der Waals surface area contributed by atoms with Gasteiger partial charge in [-0.05, 0) is 81.1 Å². The lowest BCUT2D eigenvalue weighted by Crippen LogP contribution is -2.43. The predicted molar refractivity (Wildman–Crippen MR) is 121 cm³/mol. The third kappa shape index (κ3) is 7.52. The highest BCUT2D eigenvalue weighted by atomic mass is 32.2. The molecule has 0 aliphatic heterocycles. The van der Waals surface area contributed by atoms with E-state index in [2.05, 4.69) is 5.32 Å². The van der Waals surface area contributed by atoms with Gasteiger partial charge in [0.05, 0.1) is 0 Å². The van der Waals surface area contributed by atoms with Crippen LogP contribution in [0.4, 0.5) is 28.4 Å². The maximum absolute atomic E-state index is 13.1. The van der Waals surface area contributed by atoms with Crippen LogP contribution in [0.5, 0.6) is 0 Å². The number of carboxylic acid groups (broad SMARTS) is 1. The monoisotopic (exact) mass is 482 g/mol. The highest BCUT2D eigenvalue weighted by Crippen LogP contribution is 2.36. The van der Waals surface area contributed by atoms with Gasteiger partial charge in [-0.1, -0.05) is 6.07 Å². The minimum Gasteiger partial charge on any atom is -0.480 e. The number of carbonyl (C=O) groups excluding carboxylic acids is 2. The van der Waals surface area contributed by atoms with Gasteiger partial charge < -0.3 is 15.3 Å². The fourth-order valence-corrected chi connectivity index (χ4v) is 4.50. The van der Waals surface area contributed by atoms with Crippen LogP contribution in [0, 0.1) is 5.82 Å². The zero-order chi connectivity index (χ0) is 24.8. The van der Waals surface area contributed by atoms with Crippen molar-refractivity contribution in [1.29, 1.82) is 0 Å². The van der Waals surface area contributed by atoms with E-state index in [-0.39, 0.29) is 17.9 Å². The van der Waals surface area contributed by atoms with Crippen molar-refractivity contribution < 1.29 is 32.7 Å². The van der Waals surface area contributed by atoms with Crippen LogP contribution in [0.15, 0.2) is 47.4 Å². The number of hydrogen-bond donors (Lipinski definition) is 2. The van der Waals surface area contributed by atoms with Crippen molar-refractivity contribution in [3.63, 3.8) is 0 Å². The van der Waals surface area contributed by atoms with Crippen LogP contribution in [0.2, 0.25) is 0 Å². The molecular weight excluding hydrogens is 457 g/mol. The number of hydrogen-bond acceptors (Lipinski definition) is 4. The summed E-state index contributed by atoms with van der Waals surface area (Å²) in [6, 6.07) is 11.5. The normalized spacial score (nSPS) is 14.5. The standard InChI is InChI=1S/C22H25FN2O3S.CF2O/c1-4-25(21(28)24-17-8-6-16(23)7-9-17)18-11-14-5-10-19(13-15(14)12-18)29-22(2,3)20(26)27;2-1(3)4/h5-10,13,18H,4,11-12H2,1-3H3,(H,24,28)(H,26,27);/t18-;/m1./s1. The van der Waals surface area contributed by atoms with E-state index in [9.17, 15) is 27.9 Å². The minimum atomic E-state index is -2.83. The number of amides is 2. The van der Waals surface area contributed by atoms with Gasteiger partial charge in [0.15, 0.2) is 0 Å². The summed E-state index contributed by atoms with van der Waals surface area (Å²) in [7, 11) is 0. The SMILES string of the molecule is CCN(C(=O)Nc1ccc(F)cc1)[C@@H]1Cc2ccc(SC(C)(C)C(=O)O)cc2C1.O=C(F)F. The van der Waals surface area contributed by atoms with Gasteiger partial charge in [0.1, 0.15) is 10.6 Å². The number of carbonyl (C=O) groups is 3. The second kappa shape index (κ2) is 11.2. The molecule has 2 aromatic rings. The number of urea groups is 1. The molecule has 0 fully saturated rings. The third-order valence-electron chi connectivity index (χ3n) is 5.11. The Hall–Kier alpha value is -3.01. The van der Waals surface area contributed by atoms with Crippen molar-refractivity contribution >= 4 is 35.7 Å². The summed E-state index contributed by atoms with van der Waals surface area (Å²) in [4.78, 5) is 35.0. The van der Waals surface area contributed by atoms with Crippen molar-refractivity contribution in [1.82, 2.24) is 4.90 Å². The van der Waals surface area contributed by atoms with Crippen molar-refractivity contribution in [2.75, 3.05) is 11.9 Å². The van der Waals surface area contributed by atoms with Crippen LogP contribution in [0.25, 0.3) is 0 Å². The molecule has 0 saturated carbocycles. The second-order valence-electron chi connectivity index (χ2n) is 7.86. The number of nitrogens with zero attached hydrogens (tertiary/aromatic N) is 1. The number of likely N-dealkylation sites (N-methyl/N-ethyl adjacent to an activating group) is 1. The van der Waals surface area contributed by atoms with Crippen LogP contribution in [-0.4, -0.2) is 45.6 Å². The molecule has 33 heavy (non-hydrogen) atoms. The number of aliphatic carboxylic acids is 1. The van der Waals surface area contributed by atoms with E-state index >= 15 is 0 Å². The summed E-state index contributed by atoms with van der Waals surface area (Å²) in [5.41, 5.74) is 2.88. The Kier molecular flexibility index (Phi) is 8.92. The Morgan fingerprint density at radius 2 is 1.67 bits per heavy atom. The quantitative estimate of drug-likeness (QED) is 0.399. The van der Waals surface area contributed by atoms with Gasteiger partial charge >= 0.3 is 18.3 Å². The van der Waals surface area contributed by atoms with Crippen LogP contribution in [0.3, 0.4) is 0 Å². The highest BCUT2D eigenvalue weighted by Gasteiger charge is 2.31. The van der Waals surface area contributed by atoms with Gasteiger partial charge in [-0.25, -0.2) is 14.0 Å². The molecule has 3 rings (SSSR count). The summed E-state index contributed by atoms with van der Waals surface area (Å²) < 4.78 is 31.6. The summed E-state index contributed by atoms with van der Waals surface area (Å²) in [6.45, 7) is 5.87. The molecule has 0 saturated heterocycles. The van der Waals surface area contributed by atoms with Crippen LogP contribution in [0.1, 0.15) is 31.9 Å². The third-order valence-corrected chi connectivity index (χ3v) is 6.29. The molecule has 1 aliphatic carbocycles. The fraction of sp³-hybridized carbons (Fsp3) is 0.348. The molecule has 2 aromatic carbocycles. The Labute approximate surface area is 194 Å². The van der Waals surface area contributed by atoms with E-state index in [0.29, 0.717) is 12.2 Å². The lowest BCUT2D eigenvalue weighted by Gasteiger charge is -2.28. The summed E-state index contributed by atoms with van der Waals surface area (Å²) >= 11 is 1.32. The molecule has 10 heteroatoms. The number of fused-ring (bicyclic) bond motifs is 1. The summed E-state index contributed by atoms with van der Waals surface area (Å²) in [5.74, 6) is -1.20. The first-order chi connectivity index (χ1) is 15.4. The average Bonchev–Trinajstić information content (AvgIpc) is 3.12. The van der Waals surface area contributed by atoms with Gasteiger partial charge in [0.25, 0.3) is 0 Å². The van der Waals surface area contributed by atoms with E-state index in [1.165, 1.54) is 41.6 Å². The molecule has 1 atom stereocenters. The largest absolute Gasteiger partial charge is 0.483 e. The summed E-state index contributed by atoms with van der Waals surface area (Å²) in [6.07, 6.45) is -1.35. The smallest absolute Gasteiger partial charge is 0.480 e. The van der Waals surface area contributed by atoms with Gasteiger partial charge in [-0.3, -0.25) is 4.79 Å². The summed E-state index contributed by atoms with van der Waals surface area (Å²) in [5, 5.41) is 12.2. The number of carboxylic acids is 1. The van der Waals surface area contributed by atoms with E-state index in [1.807, 2.05) is 25.1 Å². The molecule has 2 N–H and O–H groups in total. The Morgan fingerprint density at radius 1 is 1.09 bits per heavy atom. The zero-order valence-electron chi connectivity index (χ0n) is 18.4. The molecular formula is C23H25F3N2O4S. The molecule has 0 heterocycles. The molecule has 2 amide bonds. The van der Waals surface area contributed by atoms with Crippen LogP contribution in [-0.2, 0) is 17.6 Å². The lowest BCUT2D eigenvalue weighted by atomic mass is 10.1. The van der Waals surface area contributed by atoms with Crippen LogP contribution >= 0.6 is 11.8 Å². The fourth-order valence-electron chi connectivity index (χ4n) is 3.49. The minimum absolute atomic E-state index is 0.0307. The van der Waals surface area contributed by atoms with Gasteiger partial charge in [0.2, 0.25) is 0 Å². The lowest BCUT2D eigenvalue weighted by molar-refractivity contribution is -0.138. The number of anilines is 1. The highest BCUT2D eigenvalue weighted by molar-refractivity contribution is 8.01. The number of thioether (sulfide) groups is 1. The Bertz CT molecular complexity index is 1010. The number of benzene rings is 2. The maximum atomic E-state index is 13.1. The topological polar surface area (TPSA) is 86.7 Å². The Morgan fingerprint density at radius 3 is 2.21 bits per heavy atom. The van der Waals surface area contributed by atoms with Crippen molar-refractivity contribution in [2.24, 2.45) is 0 Å². The molecule has 0 bridgehead atoms. The van der Waals surface area contributed by atoms with Gasteiger partial charge in [-0.2, -0.15) is 0 Å². The van der Waals surface area contributed by atoms with Crippen molar-refractivity contribution in [3.8, 4) is 0 Å². The Balaban J connectivity index is 0.000000890. The first-order valence-corrected chi connectivity index (χ1v) is 11.0. The average molecular weight is 483 g/mol. The molecule has 0 aromatic heterocycles. The van der Waals surface area contributed by atoms with Crippen LogP contribution < -0.4 is 5.32 Å². The van der Waals surface area contributed by atoms with E-state index in [1.54, 1.807) is 18.7 Å². The first-order valence-electron chi connectivity index (χ1n) is 10.1. The molecule has 0 radical (unpaired) electrons. The number of rotatable bonds is 6. The first kappa shape index (κ1) is 26.2. The molecule has 178 valence electrons. The second-order valence-corrected chi connectivity index (χ2v) is 9.56. The van der Waals surface area contributed by atoms with Gasteiger partial charge in [-0.15, -0.1) is 20.5 Å². The van der Waals surface area contributed by atoms with Crippen molar-refractivity contribution in [3.05, 3.63) is 59.4 Å². The van der Waals surface area contributed by atoms with E-state index in [0.717, 1.165) is 23.3 Å². The molecule has 6 nitrogen and oxygen atoms in total. The number of nitrogens with one attached hydrogen (secondary N) is 1. The molecule has 0 unspecified atom stereocenters. The van der Waals surface area contributed by atoms with Crippen molar-refractivity contribution in [2.45, 2.75) is 49.3 Å². The molecule has 0 spiro atoms.